The van der Waals surface area contributed by atoms with Crippen LogP contribution >= 0.6 is 0 Å². The van der Waals surface area contributed by atoms with Gasteiger partial charge in [-0.1, -0.05) is 42.5 Å². The minimum Gasteiger partial charge on any atom is -0.347 e. The molecule has 0 fully saturated rings. The zero-order valence-corrected chi connectivity index (χ0v) is 13.1. The molecule has 1 N–H and O–H groups in total. The lowest BCUT2D eigenvalue weighted by Crippen LogP contribution is -2.41. The number of nitrogens with one attached hydrogen (secondary N) is 1. The number of amides is 2. The van der Waals surface area contributed by atoms with E-state index in [1.54, 1.807) is 4.90 Å². The van der Waals surface area contributed by atoms with Crippen LogP contribution in [0.3, 0.4) is 0 Å². The Morgan fingerprint density at radius 2 is 2.00 bits per heavy atom. The zero-order chi connectivity index (χ0) is 15.8. The van der Waals surface area contributed by atoms with E-state index in [2.05, 4.69) is 11.4 Å². The van der Waals surface area contributed by atoms with Crippen molar-refractivity contribution in [3.8, 4) is 0 Å². The van der Waals surface area contributed by atoms with Crippen molar-refractivity contribution < 1.29 is 9.59 Å². The highest BCUT2D eigenvalue weighted by molar-refractivity contribution is 5.86. The molecule has 4 heteroatoms. The van der Waals surface area contributed by atoms with Gasteiger partial charge in [-0.3, -0.25) is 9.59 Å². The summed E-state index contributed by atoms with van der Waals surface area (Å²) in [5, 5.41) is 2.79. The maximum atomic E-state index is 12.3. The SMILES string of the molecule is CCN(Cc1ccccc1)C(=O)CNC(=O)[C@@H]1CC=CCC1. The Bertz CT molecular complexity index is 525. The molecule has 0 spiro atoms. The smallest absolute Gasteiger partial charge is 0.242 e. The predicted octanol–water partition coefficient (Wildman–Crippen LogP) is 2.51. The number of hydrogen-bond donors (Lipinski definition) is 1. The van der Waals surface area contributed by atoms with Crippen LogP contribution in [0.2, 0.25) is 0 Å². The highest BCUT2D eigenvalue weighted by Gasteiger charge is 2.20. The largest absolute Gasteiger partial charge is 0.347 e. The van der Waals surface area contributed by atoms with Crippen LogP contribution in [0.1, 0.15) is 31.7 Å². The van der Waals surface area contributed by atoms with E-state index in [4.69, 9.17) is 0 Å². The summed E-state index contributed by atoms with van der Waals surface area (Å²) >= 11 is 0. The summed E-state index contributed by atoms with van der Waals surface area (Å²) in [5.41, 5.74) is 1.10. The zero-order valence-electron chi connectivity index (χ0n) is 13.1. The molecule has 0 saturated carbocycles. The molecule has 0 bridgehead atoms. The fraction of sp³-hybridized carbons (Fsp3) is 0.444. The van der Waals surface area contributed by atoms with Gasteiger partial charge in [0.2, 0.25) is 11.8 Å². The van der Waals surface area contributed by atoms with Crippen LogP contribution in [-0.2, 0) is 16.1 Å². The van der Waals surface area contributed by atoms with Crippen molar-refractivity contribution in [3.05, 3.63) is 48.0 Å². The van der Waals surface area contributed by atoms with Crippen molar-refractivity contribution >= 4 is 11.8 Å². The monoisotopic (exact) mass is 300 g/mol. The average molecular weight is 300 g/mol. The number of carbonyl (C=O) groups excluding carboxylic acids is 2. The molecule has 1 aromatic rings. The van der Waals surface area contributed by atoms with Gasteiger partial charge in [-0.15, -0.1) is 0 Å². The van der Waals surface area contributed by atoms with E-state index in [-0.39, 0.29) is 24.3 Å². The van der Waals surface area contributed by atoms with E-state index >= 15 is 0 Å². The minimum atomic E-state index is -0.0361. The van der Waals surface area contributed by atoms with E-state index in [0.29, 0.717) is 13.1 Å². The molecule has 0 heterocycles. The molecule has 4 nitrogen and oxygen atoms in total. The summed E-state index contributed by atoms with van der Waals surface area (Å²) in [5.74, 6) is -0.0264. The molecule has 0 radical (unpaired) electrons. The van der Waals surface area contributed by atoms with Gasteiger partial charge in [0.25, 0.3) is 0 Å². The standard InChI is InChI=1S/C18H24N2O2/c1-2-20(14-15-9-5-3-6-10-15)17(21)13-19-18(22)16-11-7-4-8-12-16/h3-7,9-10,16H,2,8,11-14H2,1H3,(H,19,22)/t16-/m1/s1. The van der Waals surface area contributed by atoms with Gasteiger partial charge in [0.1, 0.15) is 0 Å². The van der Waals surface area contributed by atoms with E-state index < -0.39 is 0 Å². The third-order valence-electron chi connectivity index (χ3n) is 4.00. The Balaban J connectivity index is 1.81. The first-order chi connectivity index (χ1) is 10.7. The summed E-state index contributed by atoms with van der Waals surface area (Å²) in [6, 6.07) is 9.89. The molecule has 1 aliphatic carbocycles. The van der Waals surface area contributed by atoms with Crippen LogP contribution in [-0.4, -0.2) is 29.8 Å². The van der Waals surface area contributed by atoms with E-state index in [1.165, 1.54) is 0 Å². The molecule has 2 amide bonds. The fourth-order valence-electron chi connectivity index (χ4n) is 2.63. The third kappa shape index (κ3) is 4.72. The Morgan fingerprint density at radius 3 is 2.64 bits per heavy atom. The Kier molecular flexibility index (Phi) is 6.19. The van der Waals surface area contributed by atoms with E-state index in [9.17, 15) is 9.59 Å². The summed E-state index contributed by atoms with van der Waals surface area (Å²) in [7, 11) is 0. The van der Waals surface area contributed by atoms with Crippen molar-refractivity contribution in [3.63, 3.8) is 0 Å². The number of carbonyl (C=O) groups is 2. The van der Waals surface area contributed by atoms with E-state index in [1.807, 2.05) is 43.3 Å². The van der Waals surface area contributed by atoms with Gasteiger partial charge in [0.15, 0.2) is 0 Å². The van der Waals surface area contributed by atoms with Gasteiger partial charge in [-0.2, -0.15) is 0 Å². The molecule has 0 saturated heterocycles. The van der Waals surface area contributed by atoms with Crippen LogP contribution in [0.25, 0.3) is 0 Å². The van der Waals surface area contributed by atoms with E-state index in [0.717, 1.165) is 24.8 Å². The second-order valence-electron chi connectivity index (χ2n) is 5.59. The lowest BCUT2D eigenvalue weighted by Gasteiger charge is -2.22. The van der Waals surface area contributed by atoms with Crippen molar-refractivity contribution in [2.24, 2.45) is 5.92 Å². The number of allylic oxidation sites excluding steroid dienone is 2. The van der Waals surface area contributed by atoms with Crippen molar-refractivity contribution in [1.29, 1.82) is 0 Å². The molecule has 118 valence electrons. The van der Waals surface area contributed by atoms with Gasteiger partial charge in [-0.25, -0.2) is 0 Å². The number of hydrogen-bond acceptors (Lipinski definition) is 2. The minimum absolute atomic E-state index is 0.00605. The Hall–Kier alpha value is -2.10. The van der Waals surface area contributed by atoms with Gasteiger partial charge in [0.05, 0.1) is 6.54 Å². The summed E-state index contributed by atoms with van der Waals surface area (Å²) in [6.45, 7) is 3.25. The second kappa shape index (κ2) is 8.37. The average Bonchev–Trinajstić information content (AvgIpc) is 2.59. The predicted molar refractivity (Wildman–Crippen MR) is 87.0 cm³/mol. The molecule has 0 aliphatic heterocycles. The van der Waals surface area contributed by atoms with Crippen molar-refractivity contribution in [2.45, 2.75) is 32.7 Å². The molecule has 1 aliphatic rings. The van der Waals surface area contributed by atoms with Crippen molar-refractivity contribution in [1.82, 2.24) is 10.2 Å². The maximum absolute atomic E-state index is 12.3. The number of benzene rings is 1. The number of likely N-dealkylation sites (N-methyl/N-ethyl adjacent to an activating group) is 1. The quantitative estimate of drug-likeness (QED) is 0.821. The van der Waals surface area contributed by atoms with Crippen LogP contribution in [0, 0.1) is 5.92 Å². The highest BCUT2D eigenvalue weighted by Crippen LogP contribution is 2.17. The third-order valence-corrected chi connectivity index (χ3v) is 4.00. The molecule has 22 heavy (non-hydrogen) atoms. The Morgan fingerprint density at radius 1 is 1.23 bits per heavy atom. The number of rotatable bonds is 6. The summed E-state index contributed by atoms with van der Waals surface area (Å²) in [6.07, 6.45) is 6.75. The van der Waals surface area contributed by atoms with Gasteiger partial charge < -0.3 is 10.2 Å². The fourth-order valence-corrected chi connectivity index (χ4v) is 2.63. The molecule has 1 atom stereocenters. The topological polar surface area (TPSA) is 49.4 Å². The lowest BCUT2D eigenvalue weighted by molar-refractivity contribution is -0.134. The molecular weight excluding hydrogens is 276 g/mol. The highest BCUT2D eigenvalue weighted by atomic mass is 16.2. The van der Waals surface area contributed by atoms with Gasteiger partial charge >= 0.3 is 0 Å². The van der Waals surface area contributed by atoms with Crippen LogP contribution < -0.4 is 5.32 Å². The van der Waals surface area contributed by atoms with Crippen LogP contribution in [0.4, 0.5) is 0 Å². The first kappa shape index (κ1) is 16.3. The lowest BCUT2D eigenvalue weighted by atomic mass is 9.94. The van der Waals surface area contributed by atoms with Crippen LogP contribution in [0.15, 0.2) is 42.5 Å². The second-order valence-corrected chi connectivity index (χ2v) is 5.59. The molecule has 0 unspecified atom stereocenters. The molecular formula is C18H24N2O2. The molecule has 0 aromatic heterocycles. The first-order valence-corrected chi connectivity index (χ1v) is 7.95. The van der Waals surface area contributed by atoms with Gasteiger partial charge in [0, 0.05) is 19.0 Å². The van der Waals surface area contributed by atoms with Crippen LogP contribution in [0.5, 0.6) is 0 Å². The first-order valence-electron chi connectivity index (χ1n) is 7.95. The van der Waals surface area contributed by atoms with Gasteiger partial charge in [-0.05, 0) is 31.7 Å². The molecule has 2 rings (SSSR count). The number of nitrogens with zero attached hydrogens (tertiary/aromatic N) is 1. The Labute approximate surface area is 132 Å². The summed E-state index contributed by atoms with van der Waals surface area (Å²) in [4.78, 5) is 26.1. The van der Waals surface area contributed by atoms with Crippen molar-refractivity contribution in [2.75, 3.05) is 13.1 Å². The maximum Gasteiger partial charge on any atom is 0.242 e. The summed E-state index contributed by atoms with van der Waals surface area (Å²) < 4.78 is 0. The normalized spacial score (nSPS) is 17.0. The molecule has 1 aromatic carbocycles.